The Kier molecular flexibility index (Phi) is 8.25. The number of carbonyl (C=O) groups excluding carboxylic acids is 1. The average molecular weight is 562 g/mol. The van der Waals surface area contributed by atoms with Crippen LogP contribution < -0.4 is 16.0 Å². The van der Waals surface area contributed by atoms with E-state index in [4.69, 9.17) is 14.7 Å². The molecule has 10 heteroatoms. The van der Waals surface area contributed by atoms with Gasteiger partial charge in [-0.1, -0.05) is 18.2 Å². The Balaban J connectivity index is 1.28. The molecular weight excluding hydrogens is 522 g/mol. The summed E-state index contributed by atoms with van der Waals surface area (Å²) >= 11 is 1.70. The van der Waals surface area contributed by atoms with Crippen LogP contribution in [0.3, 0.4) is 0 Å². The molecule has 212 valence electrons. The van der Waals surface area contributed by atoms with Crippen molar-refractivity contribution in [2.45, 2.75) is 90.6 Å². The number of amides is 1. The number of hydrogen-bond donors (Lipinski definition) is 3. The molecule has 3 aromatic heterocycles. The lowest BCUT2D eigenvalue weighted by Gasteiger charge is -2.30. The highest BCUT2D eigenvalue weighted by Gasteiger charge is 2.26. The molecule has 0 spiro atoms. The molecule has 0 unspecified atom stereocenters. The van der Waals surface area contributed by atoms with Gasteiger partial charge in [-0.2, -0.15) is 21.3 Å². The fourth-order valence-corrected chi connectivity index (χ4v) is 5.66. The lowest BCUT2D eigenvalue weighted by molar-refractivity contribution is 0.0492. The first-order valence-electron chi connectivity index (χ1n) is 14.0. The predicted octanol–water partition coefficient (Wildman–Crippen LogP) is 7.00. The van der Waals surface area contributed by atoms with Gasteiger partial charge in [0.05, 0.1) is 6.33 Å². The average Bonchev–Trinajstić information content (AvgIpc) is 3.58. The highest BCUT2D eigenvalue weighted by Crippen LogP contribution is 2.28. The second kappa shape index (κ2) is 11.8. The molecule has 3 N–H and O–H groups in total. The van der Waals surface area contributed by atoms with Gasteiger partial charge in [0.2, 0.25) is 5.95 Å². The van der Waals surface area contributed by atoms with Gasteiger partial charge in [0.15, 0.2) is 17.0 Å². The number of imidazole rings is 1. The van der Waals surface area contributed by atoms with Crippen LogP contribution in [0.5, 0.6) is 0 Å². The number of rotatable bonds is 8. The topological polar surface area (TPSA) is 106 Å². The van der Waals surface area contributed by atoms with Crippen molar-refractivity contribution in [3.63, 3.8) is 0 Å². The fourth-order valence-electron chi connectivity index (χ4n) is 5.00. The van der Waals surface area contributed by atoms with Crippen molar-refractivity contribution in [3.05, 3.63) is 53.0 Å². The maximum absolute atomic E-state index is 12.2. The van der Waals surface area contributed by atoms with Crippen molar-refractivity contribution in [1.29, 1.82) is 0 Å². The van der Waals surface area contributed by atoms with Crippen molar-refractivity contribution in [1.82, 2.24) is 24.8 Å². The van der Waals surface area contributed by atoms with Gasteiger partial charge < -0.3 is 25.3 Å². The summed E-state index contributed by atoms with van der Waals surface area (Å²) in [5, 5.41) is 14.4. The van der Waals surface area contributed by atoms with E-state index in [0.717, 1.165) is 36.8 Å². The molecule has 0 bridgehead atoms. The molecule has 4 aromatic rings. The van der Waals surface area contributed by atoms with E-state index in [-0.39, 0.29) is 24.2 Å². The molecule has 1 aromatic carbocycles. The van der Waals surface area contributed by atoms with E-state index < -0.39 is 5.60 Å². The largest absolute Gasteiger partial charge is 0.444 e. The zero-order chi connectivity index (χ0) is 28.3. The number of aromatic nitrogens is 4. The molecule has 1 fully saturated rings. The minimum absolute atomic E-state index is 0.112. The van der Waals surface area contributed by atoms with Gasteiger partial charge in [0.1, 0.15) is 5.60 Å². The summed E-state index contributed by atoms with van der Waals surface area (Å²) in [6.07, 6.45) is 5.04. The molecule has 1 aliphatic rings. The van der Waals surface area contributed by atoms with Gasteiger partial charge in [-0.15, -0.1) is 0 Å². The van der Waals surface area contributed by atoms with Crippen LogP contribution in [0.15, 0.2) is 47.4 Å². The Morgan fingerprint density at radius 2 is 1.88 bits per heavy atom. The van der Waals surface area contributed by atoms with Gasteiger partial charge >= 0.3 is 6.09 Å². The molecule has 9 nitrogen and oxygen atoms in total. The molecule has 1 amide bonds. The first-order chi connectivity index (χ1) is 19.1. The van der Waals surface area contributed by atoms with E-state index >= 15 is 0 Å². The van der Waals surface area contributed by atoms with E-state index in [1.807, 2.05) is 27.1 Å². The van der Waals surface area contributed by atoms with Crippen LogP contribution in [0.1, 0.15) is 71.9 Å². The Hall–Kier alpha value is -3.66. The number of hydrogen-bond acceptors (Lipinski definition) is 8. The number of nitrogens with one attached hydrogen (secondary N) is 3. The molecule has 0 aliphatic heterocycles. The molecule has 1 aliphatic carbocycles. The molecule has 5 rings (SSSR count). The van der Waals surface area contributed by atoms with E-state index in [1.165, 1.54) is 16.7 Å². The van der Waals surface area contributed by atoms with E-state index in [2.05, 4.69) is 80.4 Å². The maximum atomic E-state index is 12.2. The molecule has 40 heavy (non-hydrogen) atoms. The summed E-state index contributed by atoms with van der Waals surface area (Å²) in [6, 6.07) is 11.3. The minimum atomic E-state index is -0.500. The van der Waals surface area contributed by atoms with Crippen molar-refractivity contribution in [2.75, 3.05) is 10.6 Å². The van der Waals surface area contributed by atoms with Crippen LogP contribution in [0, 0.1) is 0 Å². The molecule has 0 atom stereocenters. The Morgan fingerprint density at radius 1 is 1.10 bits per heavy atom. The minimum Gasteiger partial charge on any atom is -0.444 e. The summed E-state index contributed by atoms with van der Waals surface area (Å²) in [6.45, 7) is 10.5. The monoisotopic (exact) mass is 561 g/mol. The number of anilines is 2. The number of thiophene rings is 1. The zero-order valence-electron chi connectivity index (χ0n) is 23.9. The van der Waals surface area contributed by atoms with Crippen molar-refractivity contribution >= 4 is 40.4 Å². The number of carbonyl (C=O) groups is 1. The number of fused-ring (bicyclic) bond motifs is 1. The highest BCUT2D eigenvalue weighted by molar-refractivity contribution is 7.08. The van der Waals surface area contributed by atoms with Gasteiger partial charge in [-0.3, -0.25) is 0 Å². The SMILES string of the molecule is CC(C)n1cnc2c(NCc3cccc(-c4ccsc4)c3)nc(NC3CCC(NC(=O)OC(C)(C)C)CC3)nc21. The Labute approximate surface area is 239 Å². The third kappa shape index (κ3) is 6.91. The summed E-state index contributed by atoms with van der Waals surface area (Å²) in [5.41, 5.74) is 4.68. The van der Waals surface area contributed by atoms with Crippen molar-refractivity contribution < 1.29 is 9.53 Å². The van der Waals surface area contributed by atoms with Gasteiger partial charge in [-0.05, 0) is 99.9 Å². The van der Waals surface area contributed by atoms with Crippen LogP contribution in [-0.2, 0) is 11.3 Å². The van der Waals surface area contributed by atoms with Crippen LogP contribution in [-0.4, -0.2) is 43.3 Å². The number of ether oxygens (including phenoxy) is 1. The quantitative estimate of drug-likeness (QED) is 0.213. The van der Waals surface area contributed by atoms with Crippen LogP contribution in [0.2, 0.25) is 0 Å². The highest BCUT2D eigenvalue weighted by atomic mass is 32.1. The van der Waals surface area contributed by atoms with E-state index in [9.17, 15) is 4.79 Å². The Bertz CT molecular complexity index is 1430. The Morgan fingerprint density at radius 3 is 2.58 bits per heavy atom. The molecular formula is C30H39N7O2S. The van der Waals surface area contributed by atoms with Crippen LogP contribution in [0.4, 0.5) is 16.6 Å². The number of benzene rings is 1. The lowest BCUT2D eigenvalue weighted by Crippen LogP contribution is -2.42. The van der Waals surface area contributed by atoms with Gasteiger partial charge in [-0.25, -0.2) is 9.78 Å². The summed E-state index contributed by atoms with van der Waals surface area (Å²) in [7, 11) is 0. The molecule has 0 radical (unpaired) electrons. The van der Waals surface area contributed by atoms with Gasteiger partial charge in [0, 0.05) is 24.7 Å². The van der Waals surface area contributed by atoms with Crippen molar-refractivity contribution in [3.8, 4) is 11.1 Å². The maximum Gasteiger partial charge on any atom is 0.407 e. The second-order valence-corrected chi connectivity index (χ2v) is 12.5. The summed E-state index contributed by atoms with van der Waals surface area (Å²) in [5.74, 6) is 1.31. The molecule has 0 saturated heterocycles. The normalized spacial score (nSPS) is 17.6. The first kappa shape index (κ1) is 27.9. The third-order valence-electron chi connectivity index (χ3n) is 7.00. The smallest absolute Gasteiger partial charge is 0.407 e. The molecule has 3 heterocycles. The second-order valence-electron chi connectivity index (χ2n) is 11.7. The van der Waals surface area contributed by atoms with Crippen LogP contribution in [0.25, 0.3) is 22.3 Å². The van der Waals surface area contributed by atoms with Gasteiger partial charge in [0.25, 0.3) is 0 Å². The standard InChI is InChI=1S/C30H39N7O2S/c1-19(2)37-18-32-25-26(31-16-20-7-6-8-21(15-20)22-13-14-40-17-22)35-28(36-27(25)37)33-23-9-11-24(12-10-23)34-29(38)39-30(3,4)5/h6-8,13-15,17-19,23-24H,9-12,16H2,1-5H3,(H,34,38)(H2,31,33,35,36). The van der Waals surface area contributed by atoms with Crippen LogP contribution >= 0.6 is 11.3 Å². The summed E-state index contributed by atoms with van der Waals surface area (Å²) in [4.78, 5) is 26.6. The third-order valence-corrected chi connectivity index (χ3v) is 7.68. The van der Waals surface area contributed by atoms with E-state index in [1.54, 1.807) is 11.3 Å². The fraction of sp³-hybridized carbons (Fsp3) is 0.467. The van der Waals surface area contributed by atoms with E-state index in [0.29, 0.717) is 18.3 Å². The molecule has 1 saturated carbocycles. The lowest BCUT2D eigenvalue weighted by atomic mass is 9.91. The predicted molar refractivity (Wildman–Crippen MR) is 162 cm³/mol. The number of nitrogens with zero attached hydrogens (tertiary/aromatic N) is 4. The zero-order valence-corrected chi connectivity index (χ0v) is 24.7. The number of alkyl carbamates (subject to hydrolysis) is 1. The van der Waals surface area contributed by atoms with Crippen molar-refractivity contribution in [2.24, 2.45) is 0 Å². The first-order valence-corrected chi connectivity index (χ1v) is 14.9. The summed E-state index contributed by atoms with van der Waals surface area (Å²) < 4.78 is 7.50.